The number of rotatable bonds is 2. The van der Waals surface area contributed by atoms with Crippen molar-refractivity contribution in [1.82, 2.24) is 0 Å². The highest BCUT2D eigenvalue weighted by Crippen LogP contribution is 2.49. The lowest BCUT2D eigenvalue weighted by atomic mass is 10.3. The van der Waals surface area contributed by atoms with Gasteiger partial charge in [-0.15, -0.1) is 0 Å². The normalized spacial score (nSPS) is 24.1. The Hall–Kier alpha value is -0.230. The summed E-state index contributed by atoms with van der Waals surface area (Å²) in [5, 5.41) is 1.18. The number of phosphoric acid groups is 1. The Balaban J connectivity index is 2.58. The highest BCUT2D eigenvalue weighted by Gasteiger charge is 2.41. The molecule has 0 aliphatic carbocycles. The summed E-state index contributed by atoms with van der Waals surface area (Å²) >= 11 is 8.94. The average Bonchev–Trinajstić information content (AvgIpc) is 2.37. The molecule has 0 fully saturated rings. The number of fused-ring (bicyclic) bond motifs is 1. The minimum Gasteiger partial charge on any atom is -0.303 e. The molecule has 1 aromatic carbocycles. The number of hydrogen-bond acceptors (Lipinski definition) is 3. The lowest BCUT2D eigenvalue weighted by Crippen LogP contribution is -2.21. The van der Waals surface area contributed by atoms with Gasteiger partial charge in [-0.1, -0.05) is 29.8 Å². The fraction of sp³-hybridized carbons (Fsp3) is 0.125. The van der Waals surface area contributed by atoms with Gasteiger partial charge in [0.25, 0.3) is 4.63 Å². The van der Waals surface area contributed by atoms with Crippen molar-refractivity contribution in [1.29, 1.82) is 0 Å². The summed E-state index contributed by atoms with van der Waals surface area (Å²) < 4.78 is 13.6. The van der Waals surface area contributed by atoms with E-state index >= 15 is 0 Å². The predicted molar refractivity (Wildman–Crippen MR) is 61.3 cm³/mol. The van der Waals surface area contributed by atoms with Gasteiger partial charge in [-0.3, -0.25) is 0 Å². The summed E-state index contributed by atoms with van der Waals surface area (Å²) in [5.74, 6) is 0. The molecule has 16 heavy (non-hydrogen) atoms. The Labute approximate surface area is 104 Å². The SMILES string of the molecule is O=P(O)(O)OC1(Br)N=c2ccccc2=C1Cl. The molecule has 0 radical (unpaired) electrons. The van der Waals surface area contributed by atoms with Gasteiger partial charge in [-0.2, -0.15) is 0 Å². The molecule has 1 aliphatic rings. The maximum absolute atomic E-state index is 10.8. The summed E-state index contributed by atoms with van der Waals surface area (Å²) in [6.45, 7) is 0. The van der Waals surface area contributed by atoms with E-state index in [0.29, 0.717) is 10.6 Å². The molecule has 0 amide bonds. The monoisotopic (exact) mass is 325 g/mol. The van der Waals surface area contributed by atoms with Crippen LogP contribution in [-0.2, 0) is 9.09 Å². The van der Waals surface area contributed by atoms with Crippen molar-refractivity contribution in [2.45, 2.75) is 4.63 Å². The first-order valence-electron chi connectivity index (χ1n) is 4.12. The topological polar surface area (TPSA) is 79.1 Å². The molecule has 2 N–H and O–H groups in total. The zero-order valence-electron chi connectivity index (χ0n) is 7.67. The second-order valence-corrected chi connectivity index (χ2v) is 5.70. The molecule has 1 atom stereocenters. The summed E-state index contributed by atoms with van der Waals surface area (Å²) in [6.07, 6.45) is 0. The third-order valence-electron chi connectivity index (χ3n) is 1.92. The highest BCUT2D eigenvalue weighted by atomic mass is 79.9. The smallest absolute Gasteiger partial charge is 0.303 e. The molecule has 0 saturated carbocycles. The zero-order valence-corrected chi connectivity index (χ0v) is 10.9. The molecule has 1 unspecified atom stereocenters. The van der Waals surface area contributed by atoms with Crippen LogP contribution in [0.2, 0.25) is 0 Å². The van der Waals surface area contributed by atoms with Gasteiger partial charge in [-0.05, 0) is 22.0 Å². The lowest BCUT2D eigenvalue weighted by Gasteiger charge is -2.19. The fourth-order valence-electron chi connectivity index (χ4n) is 1.34. The van der Waals surface area contributed by atoms with Gasteiger partial charge >= 0.3 is 7.82 Å². The fourth-order valence-corrected chi connectivity index (χ4v) is 3.06. The first-order chi connectivity index (χ1) is 7.32. The number of nitrogens with zero attached hydrogens (tertiary/aromatic N) is 1. The minimum absolute atomic E-state index is 0.0893. The quantitative estimate of drug-likeness (QED) is 0.479. The van der Waals surface area contributed by atoms with E-state index in [1.54, 1.807) is 24.3 Å². The van der Waals surface area contributed by atoms with E-state index in [9.17, 15) is 4.57 Å². The van der Waals surface area contributed by atoms with E-state index in [0.717, 1.165) is 0 Å². The van der Waals surface area contributed by atoms with Gasteiger partial charge in [0.05, 0.1) is 10.4 Å². The first kappa shape index (κ1) is 12.2. The first-order valence-corrected chi connectivity index (χ1v) is 6.82. The molecule has 1 aliphatic heterocycles. The summed E-state index contributed by atoms with van der Waals surface area (Å²) in [5.41, 5.74) is 0. The van der Waals surface area contributed by atoms with Gasteiger partial charge in [0, 0.05) is 5.22 Å². The number of alkyl halides is 1. The number of phosphoric ester groups is 1. The average molecular weight is 326 g/mol. The predicted octanol–water partition coefficient (Wildman–Crippen LogP) is 0.825. The third-order valence-corrected chi connectivity index (χ3v) is 4.09. The Morgan fingerprint density at radius 2 is 2.06 bits per heavy atom. The van der Waals surface area contributed by atoms with Gasteiger partial charge in [-0.25, -0.2) is 14.1 Å². The highest BCUT2D eigenvalue weighted by molar-refractivity contribution is 9.10. The second-order valence-electron chi connectivity index (χ2n) is 3.09. The van der Waals surface area contributed by atoms with Crippen LogP contribution in [0.25, 0.3) is 5.03 Å². The molecular weight excluding hydrogens is 320 g/mol. The van der Waals surface area contributed by atoms with Crippen molar-refractivity contribution in [2.75, 3.05) is 0 Å². The molecule has 0 bridgehead atoms. The number of halogens is 2. The molecule has 1 heterocycles. The van der Waals surface area contributed by atoms with Crippen molar-refractivity contribution >= 4 is 40.4 Å². The van der Waals surface area contributed by atoms with Crippen molar-refractivity contribution in [2.24, 2.45) is 4.99 Å². The zero-order chi connectivity index (χ0) is 12.0. The standard InChI is InChI=1S/C8H6BrClNO4P/c9-8(15-16(12,13)14)7(10)5-3-1-2-4-6(5)11-8/h1-4H,(H2,12,13,14). The van der Waals surface area contributed by atoms with E-state index in [-0.39, 0.29) is 5.03 Å². The van der Waals surface area contributed by atoms with Crippen LogP contribution in [0.5, 0.6) is 0 Å². The number of para-hydroxylation sites is 1. The maximum Gasteiger partial charge on any atom is 0.472 e. The van der Waals surface area contributed by atoms with Crippen molar-refractivity contribution in [3.63, 3.8) is 0 Å². The largest absolute Gasteiger partial charge is 0.472 e. The third kappa shape index (κ3) is 2.22. The van der Waals surface area contributed by atoms with Crippen LogP contribution in [0.1, 0.15) is 0 Å². The molecule has 2 rings (SSSR count). The molecule has 5 nitrogen and oxygen atoms in total. The van der Waals surface area contributed by atoms with Crippen LogP contribution in [0.15, 0.2) is 29.3 Å². The van der Waals surface area contributed by atoms with Crippen LogP contribution in [-0.4, -0.2) is 14.4 Å². The Bertz CT molecular complexity index is 600. The molecule has 1 aromatic rings. The van der Waals surface area contributed by atoms with Crippen LogP contribution in [0, 0.1) is 0 Å². The van der Waals surface area contributed by atoms with Crippen molar-refractivity contribution in [3.05, 3.63) is 34.8 Å². The Morgan fingerprint density at radius 1 is 1.44 bits per heavy atom. The van der Waals surface area contributed by atoms with E-state index in [1.807, 2.05) is 0 Å². The number of hydrogen-bond donors (Lipinski definition) is 2. The van der Waals surface area contributed by atoms with Gasteiger partial charge in [0.15, 0.2) is 0 Å². The van der Waals surface area contributed by atoms with E-state index in [1.165, 1.54) is 0 Å². The summed E-state index contributed by atoms with van der Waals surface area (Å²) in [4.78, 5) is 21.5. The Morgan fingerprint density at radius 3 is 2.62 bits per heavy atom. The lowest BCUT2D eigenvalue weighted by molar-refractivity contribution is 0.157. The molecule has 0 aromatic heterocycles. The summed E-state index contributed by atoms with van der Waals surface area (Å²) in [6, 6.07) is 6.84. The molecule has 8 heteroatoms. The molecule has 0 spiro atoms. The Kier molecular flexibility index (Phi) is 2.99. The molecule has 86 valence electrons. The molecular formula is C8H6BrClNO4P. The van der Waals surface area contributed by atoms with E-state index in [2.05, 4.69) is 25.4 Å². The second kappa shape index (κ2) is 3.91. The van der Waals surface area contributed by atoms with Crippen LogP contribution in [0.3, 0.4) is 0 Å². The van der Waals surface area contributed by atoms with Gasteiger partial charge in [0.1, 0.15) is 0 Å². The van der Waals surface area contributed by atoms with E-state index < -0.39 is 12.5 Å². The van der Waals surface area contributed by atoms with Crippen molar-refractivity contribution in [3.8, 4) is 0 Å². The summed E-state index contributed by atoms with van der Waals surface area (Å²) in [7, 11) is -4.69. The van der Waals surface area contributed by atoms with Crippen LogP contribution in [0.4, 0.5) is 0 Å². The molecule has 0 saturated heterocycles. The van der Waals surface area contributed by atoms with Crippen molar-refractivity contribution < 1.29 is 18.9 Å². The number of benzene rings is 1. The maximum atomic E-state index is 10.8. The van der Waals surface area contributed by atoms with Gasteiger partial charge < -0.3 is 9.79 Å². The van der Waals surface area contributed by atoms with E-state index in [4.69, 9.17) is 21.4 Å². The van der Waals surface area contributed by atoms with Crippen LogP contribution < -0.4 is 10.6 Å². The van der Waals surface area contributed by atoms with Crippen LogP contribution >= 0.6 is 35.4 Å². The van der Waals surface area contributed by atoms with Gasteiger partial charge in [0.2, 0.25) is 0 Å². The minimum atomic E-state index is -4.69.